The second-order valence-corrected chi connectivity index (χ2v) is 3.07. The molecule has 0 saturated heterocycles. The third-order valence-electron chi connectivity index (χ3n) is 1.89. The van der Waals surface area contributed by atoms with Crippen LogP contribution in [0.3, 0.4) is 0 Å². The van der Waals surface area contributed by atoms with E-state index in [-0.39, 0.29) is 5.69 Å². The molecule has 0 aliphatic carbocycles. The number of hydrogen-bond acceptors (Lipinski definition) is 5. The Morgan fingerprint density at radius 3 is 2.80 bits per heavy atom. The molecule has 1 heterocycles. The van der Waals surface area contributed by atoms with Gasteiger partial charge in [-0.2, -0.15) is 4.98 Å². The van der Waals surface area contributed by atoms with Crippen LogP contribution in [0.4, 0.5) is 5.69 Å². The lowest BCUT2D eigenvalue weighted by atomic mass is 10.1. The lowest BCUT2D eigenvalue weighted by molar-refractivity contribution is -0.384. The minimum Gasteiger partial charge on any atom is -0.342 e. The Morgan fingerprint density at radius 1 is 1.40 bits per heavy atom. The quantitative estimate of drug-likeness (QED) is 0.552. The van der Waals surface area contributed by atoms with Gasteiger partial charge in [-0.05, 0) is 18.6 Å². The molecule has 0 amide bonds. The molecule has 15 heavy (non-hydrogen) atoms. The van der Waals surface area contributed by atoms with Gasteiger partial charge in [0, 0.05) is 17.7 Å². The van der Waals surface area contributed by atoms with Gasteiger partial charge in [0.1, 0.15) is 0 Å². The van der Waals surface area contributed by atoms with Gasteiger partial charge < -0.3 is 4.52 Å². The van der Waals surface area contributed by atoms with Crippen LogP contribution in [0, 0.1) is 17.0 Å². The molecule has 2 rings (SSSR count). The number of nitrogens with zero attached hydrogens (tertiary/aromatic N) is 3. The summed E-state index contributed by atoms with van der Waals surface area (Å²) in [5.74, 6) is 0.349. The number of benzene rings is 1. The zero-order valence-electron chi connectivity index (χ0n) is 7.88. The predicted molar refractivity (Wildman–Crippen MR) is 51.1 cm³/mol. The van der Waals surface area contributed by atoms with Crippen molar-refractivity contribution in [3.8, 4) is 11.4 Å². The van der Waals surface area contributed by atoms with E-state index in [4.69, 9.17) is 0 Å². The van der Waals surface area contributed by atoms with Crippen LogP contribution in [0.5, 0.6) is 0 Å². The average Bonchev–Trinajstić information content (AvgIpc) is 2.69. The molecule has 0 saturated carbocycles. The topological polar surface area (TPSA) is 82.1 Å². The van der Waals surface area contributed by atoms with E-state index in [0.717, 1.165) is 5.56 Å². The van der Waals surface area contributed by atoms with Gasteiger partial charge in [-0.1, -0.05) is 5.16 Å². The van der Waals surface area contributed by atoms with Gasteiger partial charge in [-0.15, -0.1) is 0 Å². The fourth-order valence-electron chi connectivity index (χ4n) is 1.30. The largest absolute Gasteiger partial charge is 0.342 e. The van der Waals surface area contributed by atoms with Crippen LogP contribution in [0.2, 0.25) is 0 Å². The Kier molecular flexibility index (Phi) is 2.17. The molecule has 6 heteroatoms. The molecule has 76 valence electrons. The minimum atomic E-state index is -0.448. The number of nitro benzene ring substituents is 1. The molecule has 0 N–H and O–H groups in total. The normalized spacial score (nSPS) is 10.2. The van der Waals surface area contributed by atoms with Gasteiger partial charge >= 0.3 is 0 Å². The van der Waals surface area contributed by atoms with E-state index >= 15 is 0 Å². The molecule has 1 aromatic carbocycles. The number of non-ortho nitro benzene ring substituents is 1. The summed E-state index contributed by atoms with van der Waals surface area (Å²) in [6, 6.07) is 4.67. The molecule has 0 bridgehead atoms. The summed E-state index contributed by atoms with van der Waals surface area (Å²) in [6.45, 7) is 1.77. The van der Waals surface area contributed by atoms with Crippen molar-refractivity contribution < 1.29 is 9.45 Å². The van der Waals surface area contributed by atoms with E-state index < -0.39 is 4.92 Å². The number of hydrogen-bond donors (Lipinski definition) is 0. The molecule has 0 aliphatic heterocycles. The molecule has 0 atom stereocenters. The first kappa shape index (κ1) is 9.32. The maximum Gasteiger partial charge on any atom is 0.270 e. The van der Waals surface area contributed by atoms with Crippen molar-refractivity contribution in [3.63, 3.8) is 0 Å². The van der Waals surface area contributed by atoms with E-state index in [1.54, 1.807) is 13.0 Å². The van der Waals surface area contributed by atoms with Gasteiger partial charge in [0.25, 0.3) is 5.69 Å². The fourth-order valence-corrected chi connectivity index (χ4v) is 1.30. The van der Waals surface area contributed by atoms with Crippen molar-refractivity contribution in [2.45, 2.75) is 6.92 Å². The van der Waals surface area contributed by atoms with Crippen molar-refractivity contribution in [1.29, 1.82) is 0 Å². The van der Waals surface area contributed by atoms with Crippen LogP contribution in [0.15, 0.2) is 29.1 Å². The average molecular weight is 205 g/mol. The second-order valence-electron chi connectivity index (χ2n) is 3.07. The maximum absolute atomic E-state index is 10.6. The summed E-state index contributed by atoms with van der Waals surface area (Å²) in [5, 5.41) is 14.2. The van der Waals surface area contributed by atoms with E-state index in [0.29, 0.717) is 11.4 Å². The van der Waals surface area contributed by atoms with Crippen molar-refractivity contribution in [2.75, 3.05) is 0 Å². The van der Waals surface area contributed by atoms with Crippen molar-refractivity contribution in [2.24, 2.45) is 0 Å². The van der Waals surface area contributed by atoms with Crippen LogP contribution in [-0.4, -0.2) is 15.1 Å². The minimum absolute atomic E-state index is 0.0230. The standard InChI is InChI=1S/C9H7N3O3/c1-6-2-7(9-10-5-15-11-9)4-8(3-6)12(13)14/h2-5H,1H3. The first-order valence-electron chi connectivity index (χ1n) is 4.19. The third kappa shape index (κ3) is 1.83. The molecule has 2 aromatic rings. The van der Waals surface area contributed by atoms with Gasteiger partial charge in [0.15, 0.2) is 0 Å². The van der Waals surface area contributed by atoms with Gasteiger partial charge in [0.05, 0.1) is 4.92 Å². The predicted octanol–water partition coefficient (Wildman–Crippen LogP) is 1.95. The van der Waals surface area contributed by atoms with E-state index in [9.17, 15) is 10.1 Å². The fraction of sp³-hybridized carbons (Fsp3) is 0.111. The van der Waals surface area contributed by atoms with Crippen molar-refractivity contribution >= 4 is 5.69 Å². The molecule has 0 spiro atoms. The monoisotopic (exact) mass is 205 g/mol. The molecule has 0 aliphatic rings. The third-order valence-corrected chi connectivity index (χ3v) is 1.89. The summed E-state index contributed by atoms with van der Waals surface area (Å²) in [7, 11) is 0. The molecule has 0 radical (unpaired) electrons. The summed E-state index contributed by atoms with van der Waals surface area (Å²) in [6.07, 6.45) is 1.18. The first-order valence-corrected chi connectivity index (χ1v) is 4.19. The number of aryl methyl sites for hydroxylation is 1. The van der Waals surface area contributed by atoms with E-state index in [1.165, 1.54) is 18.5 Å². The highest BCUT2D eigenvalue weighted by molar-refractivity contribution is 5.60. The second kappa shape index (κ2) is 3.49. The summed E-state index contributed by atoms with van der Waals surface area (Å²) < 4.78 is 4.58. The van der Waals surface area contributed by atoms with Crippen LogP contribution in [0.25, 0.3) is 11.4 Å². The summed E-state index contributed by atoms with van der Waals surface area (Å²) in [5.41, 5.74) is 1.38. The van der Waals surface area contributed by atoms with Gasteiger partial charge in [0.2, 0.25) is 12.2 Å². The maximum atomic E-state index is 10.6. The smallest absolute Gasteiger partial charge is 0.270 e. The van der Waals surface area contributed by atoms with E-state index in [1.807, 2.05) is 0 Å². The molecular formula is C9H7N3O3. The Morgan fingerprint density at radius 2 is 2.20 bits per heavy atom. The van der Waals surface area contributed by atoms with Crippen molar-refractivity contribution in [1.82, 2.24) is 10.1 Å². The SMILES string of the molecule is Cc1cc(-c2ncon2)cc([N+](=O)[O-])c1. The highest BCUT2D eigenvalue weighted by atomic mass is 16.6. The molecule has 1 aromatic heterocycles. The van der Waals surface area contributed by atoms with Gasteiger partial charge in [-0.25, -0.2) is 0 Å². The van der Waals surface area contributed by atoms with E-state index in [2.05, 4.69) is 14.7 Å². The first-order chi connectivity index (χ1) is 7.16. The van der Waals surface area contributed by atoms with Crippen LogP contribution < -0.4 is 0 Å². The highest BCUT2D eigenvalue weighted by Gasteiger charge is 2.11. The van der Waals surface area contributed by atoms with Gasteiger partial charge in [-0.3, -0.25) is 10.1 Å². The Balaban J connectivity index is 2.54. The molecule has 0 unspecified atom stereocenters. The highest BCUT2D eigenvalue weighted by Crippen LogP contribution is 2.22. The van der Waals surface area contributed by atoms with Crippen molar-refractivity contribution in [3.05, 3.63) is 40.3 Å². The number of nitro groups is 1. The van der Waals surface area contributed by atoms with Crippen LogP contribution >= 0.6 is 0 Å². The lowest BCUT2D eigenvalue weighted by Crippen LogP contribution is -1.90. The lowest BCUT2D eigenvalue weighted by Gasteiger charge is -1.97. The Labute approximate surface area is 84.7 Å². The van der Waals surface area contributed by atoms with Crippen LogP contribution in [-0.2, 0) is 0 Å². The zero-order valence-corrected chi connectivity index (χ0v) is 7.88. The van der Waals surface area contributed by atoms with Crippen LogP contribution in [0.1, 0.15) is 5.56 Å². The molecule has 6 nitrogen and oxygen atoms in total. The number of aromatic nitrogens is 2. The Hall–Kier alpha value is -2.24. The summed E-state index contributed by atoms with van der Waals surface area (Å²) >= 11 is 0. The summed E-state index contributed by atoms with van der Waals surface area (Å²) in [4.78, 5) is 14.0. The molecule has 0 fully saturated rings. The zero-order chi connectivity index (χ0) is 10.8. The molecular weight excluding hydrogens is 198 g/mol. The number of rotatable bonds is 2. The Bertz CT molecular complexity index is 493.